The van der Waals surface area contributed by atoms with Crippen molar-refractivity contribution in [2.45, 2.75) is 31.2 Å². The number of allylic oxidation sites excluding steroid dienone is 1. The minimum atomic E-state index is -0.358. The van der Waals surface area contributed by atoms with Crippen LogP contribution in [0.4, 0.5) is 0 Å². The van der Waals surface area contributed by atoms with Gasteiger partial charge in [-0.1, -0.05) is 0 Å². The molecule has 1 spiro atoms. The van der Waals surface area contributed by atoms with Gasteiger partial charge < -0.3 is 10.6 Å². The molecule has 3 aromatic heterocycles. The van der Waals surface area contributed by atoms with Gasteiger partial charge in [-0.25, -0.2) is 9.50 Å². The van der Waals surface area contributed by atoms with Crippen LogP contribution in [0.3, 0.4) is 0 Å². The van der Waals surface area contributed by atoms with Gasteiger partial charge in [0.05, 0.1) is 53.5 Å². The summed E-state index contributed by atoms with van der Waals surface area (Å²) in [6.45, 7) is 1.55. The fraction of sp³-hybridized carbons (Fsp3) is 0.391. The lowest BCUT2D eigenvalue weighted by atomic mass is 9.56. The molecule has 4 heterocycles. The van der Waals surface area contributed by atoms with Crippen molar-refractivity contribution in [3.63, 3.8) is 0 Å². The maximum Gasteiger partial charge on any atom is 0.179 e. The van der Waals surface area contributed by atoms with Gasteiger partial charge in [-0.15, -0.1) is 0 Å². The number of nitriles is 2. The zero-order valence-corrected chi connectivity index (χ0v) is 18.4. The quantitative estimate of drug-likeness (QED) is 0.474. The second-order valence-electron chi connectivity index (χ2n) is 9.02. The van der Waals surface area contributed by atoms with Gasteiger partial charge in [0.2, 0.25) is 0 Å². The molecule has 3 aromatic rings. The molecular weight excluding hydrogens is 416 g/mol. The van der Waals surface area contributed by atoms with Gasteiger partial charge in [-0.2, -0.15) is 20.7 Å². The number of likely N-dealkylation sites (tertiary alicyclic amines) is 1. The molecule has 2 aliphatic rings. The molecule has 1 aliphatic carbocycles. The van der Waals surface area contributed by atoms with Crippen LogP contribution in [0.5, 0.6) is 0 Å². The molecular formula is C23H24N10. The Bertz CT molecular complexity index is 1340. The van der Waals surface area contributed by atoms with Crippen LogP contribution >= 0.6 is 0 Å². The normalized spacial score (nSPS) is 24.9. The zero-order chi connectivity index (χ0) is 23.1. The first kappa shape index (κ1) is 20.7. The summed E-state index contributed by atoms with van der Waals surface area (Å²) in [4.78, 5) is 10.6. The summed E-state index contributed by atoms with van der Waals surface area (Å²) in [5.41, 5.74) is 9.41. The zero-order valence-electron chi connectivity index (χ0n) is 18.4. The van der Waals surface area contributed by atoms with Gasteiger partial charge >= 0.3 is 0 Å². The smallest absolute Gasteiger partial charge is 0.179 e. The minimum absolute atomic E-state index is 0.0929. The van der Waals surface area contributed by atoms with E-state index in [0.29, 0.717) is 17.8 Å². The maximum atomic E-state index is 9.55. The largest absolute Gasteiger partial charge is 0.397 e. The van der Waals surface area contributed by atoms with Crippen molar-refractivity contribution in [3.8, 4) is 23.5 Å². The van der Waals surface area contributed by atoms with Crippen LogP contribution in [-0.4, -0.2) is 55.6 Å². The number of aliphatic imine (C=N–C) groups is 1. The number of nitrogens with zero attached hydrogens (tertiary/aromatic N) is 9. The topological polar surface area (TPSA) is 137 Å². The van der Waals surface area contributed by atoms with E-state index in [-0.39, 0.29) is 11.0 Å². The lowest BCUT2D eigenvalue weighted by Crippen LogP contribution is -2.54. The SMILES string of the molecule is CN=CC=C(N)c1cn2nccc2c(-c2cnn(C3(CC#N)CC4(CCN(C#N)C4)C3)c2)n1. The highest BCUT2D eigenvalue weighted by atomic mass is 15.3. The maximum absolute atomic E-state index is 9.55. The summed E-state index contributed by atoms with van der Waals surface area (Å²) >= 11 is 0. The highest BCUT2D eigenvalue weighted by Crippen LogP contribution is 2.58. The third kappa shape index (κ3) is 3.40. The molecule has 1 saturated heterocycles. The molecule has 1 aliphatic heterocycles. The summed E-state index contributed by atoms with van der Waals surface area (Å²) in [5, 5.41) is 27.8. The van der Waals surface area contributed by atoms with Crippen molar-refractivity contribution in [3.05, 3.63) is 42.6 Å². The van der Waals surface area contributed by atoms with Crippen molar-refractivity contribution in [2.24, 2.45) is 16.1 Å². The molecule has 10 nitrogen and oxygen atoms in total. The third-order valence-electron chi connectivity index (χ3n) is 6.83. The van der Waals surface area contributed by atoms with Gasteiger partial charge in [0.15, 0.2) is 6.19 Å². The first-order chi connectivity index (χ1) is 16.0. The molecule has 10 heteroatoms. The Kier molecular flexibility index (Phi) is 4.86. The van der Waals surface area contributed by atoms with Gasteiger partial charge in [0.1, 0.15) is 5.69 Å². The molecule has 1 saturated carbocycles. The van der Waals surface area contributed by atoms with Crippen LogP contribution < -0.4 is 5.73 Å². The number of nitrogens with two attached hydrogens (primary N) is 1. The molecule has 0 radical (unpaired) electrons. The average Bonchev–Trinajstić information content (AvgIpc) is 3.55. The predicted molar refractivity (Wildman–Crippen MR) is 122 cm³/mol. The Morgan fingerprint density at radius 1 is 1.30 bits per heavy atom. The lowest BCUT2D eigenvalue weighted by Gasteiger charge is -2.53. The van der Waals surface area contributed by atoms with E-state index in [4.69, 9.17) is 10.7 Å². The highest BCUT2D eigenvalue weighted by molar-refractivity contribution is 5.84. The van der Waals surface area contributed by atoms with Crippen molar-refractivity contribution >= 4 is 17.4 Å². The first-order valence-electron chi connectivity index (χ1n) is 10.8. The van der Waals surface area contributed by atoms with E-state index in [1.807, 2.05) is 21.8 Å². The second-order valence-corrected chi connectivity index (χ2v) is 9.02. The number of hydrogen-bond acceptors (Lipinski definition) is 8. The molecule has 2 fully saturated rings. The average molecular weight is 441 g/mol. The fourth-order valence-corrected chi connectivity index (χ4v) is 5.39. The molecule has 0 atom stereocenters. The predicted octanol–water partition coefficient (Wildman–Crippen LogP) is 2.17. The van der Waals surface area contributed by atoms with Gasteiger partial charge in [0, 0.05) is 38.1 Å². The fourth-order valence-electron chi connectivity index (χ4n) is 5.39. The summed E-state index contributed by atoms with van der Waals surface area (Å²) in [6, 6.07) is 4.25. The second kappa shape index (κ2) is 7.75. The first-order valence-corrected chi connectivity index (χ1v) is 10.8. The van der Waals surface area contributed by atoms with E-state index in [1.54, 1.807) is 42.4 Å². The molecule has 0 unspecified atom stereocenters. The summed E-state index contributed by atoms with van der Waals surface area (Å²) in [6.07, 6.45) is 15.9. The molecule has 166 valence electrons. The highest BCUT2D eigenvalue weighted by Gasteiger charge is 2.58. The minimum Gasteiger partial charge on any atom is -0.397 e. The Hall–Kier alpha value is -4.18. The molecule has 0 bridgehead atoms. The van der Waals surface area contributed by atoms with E-state index >= 15 is 0 Å². The number of fused-ring (bicyclic) bond motifs is 1. The van der Waals surface area contributed by atoms with Crippen LogP contribution in [0.25, 0.3) is 22.5 Å². The lowest BCUT2D eigenvalue weighted by molar-refractivity contribution is -0.0245. The van der Waals surface area contributed by atoms with E-state index in [0.717, 1.165) is 49.1 Å². The number of aromatic nitrogens is 5. The van der Waals surface area contributed by atoms with E-state index in [1.165, 1.54) is 0 Å². The van der Waals surface area contributed by atoms with Crippen LogP contribution in [0.2, 0.25) is 0 Å². The van der Waals surface area contributed by atoms with Crippen LogP contribution in [-0.2, 0) is 5.54 Å². The van der Waals surface area contributed by atoms with E-state index < -0.39 is 0 Å². The van der Waals surface area contributed by atoms with Crippen molar-refractivity contribution < 1.29 is 0 Å². The van der Waals surface area contributed by atoms with Crippen LogP contribution in [0, 0.1) is 28.2 Å². The Morgan fingerprint density at radius 3 is 2.88 bits per heavy atom. The summed E-state index contributed by atoms with van der Waals surface area (Å²) in [7, 11) is 1.68. The van der Waals surface area contributed by atoms with Crippen LogP contribution in [0.1, 0.15) is 31.4 Å². The number of hydrogen-bond donors (Lipinski definition) is 1. The van der Waals surface area contributed by atoms with E-state index in [2.05, 4.69) is 27.5 Å². The van der Waals surface area contributed by atoms with Crippen molar-refractivity contribution in [2.75, 3.05) is 20.1 Å². The van der Waals surface area contributed by atoms with Crippen molar-refractivity contribution in [1.29, 1.82) is 10.5 Å². The van der Waals surface area contributed by atoms with Crippen LogP contribution in [0.15, 0.2) is 41.9 Å². The molecule has 2 N–H and O–H groups in total. The number of rotatable bonds is 5. The van der Waals surface area contributed by atoms with Gasteiger partial charge in [-0.05, 0) is 36.8 Å². The van der Waals surface area contributed by atoms with Gasteiger partial charge in [0.25, 0.3) is 0 Å². The van der Waals surface area contributed by atoms with E-state index in [9.17, 15) is 10.5 Å². The Labute approximate surface area is 191 Å². The van der Waals surface area contributed by atoms with Gasteiger partial charge in [-0.3, -0.25) is 9.67 Å². The molecule has 0 aromatic carbocycles. The Morgan fingerprint density at radius 2 is 2.15 bits per heavy atom. The summed E-state index contributed by atoms with van der Waals surface area (Å²) in [5.74, 6) is 0. The van der Waals surface area contributed by atoms with Crippen molar-refractivity contribution in [1.82, 2.24) is 29.3 Å². The monoisotopic (exact) mass is 440 g/mol. The standard InChI is InChI=1S/C23H24N10/c1-27-7-2-18(26)19-12-32-20(3-8-28-32)21(30-19)17-10-29-33(11-17)23(4-6-24)13-22(14-23)5-9-31(15-22)16-25/h2-3,7-8,10-12H,4-5,9,13-15,26H2,1H3. The molecule has 33 heavy (non-hydrogen) atoms. The third-order valence-corrected chi connectivity index (χ3v) is 6.83. The summed E-state index contributed by atoms with van der Waals surface area (Å²) < 4.78 is 3.67. The molecule has 5 rings (SSSR count). The molecule has 0 amide bonds. The Balaban J connectivity index is 1.50.